The average Bonchev–Trinajstić information content (AvgIpc) is 2.31. The maximum absolute atomic E-state index is 12.9. The Morgan fingerprint density at radius 3 is 2.33 bits per heavy atom. The van der Waals surface area contributed by atoms with Crippen LogP contribution in [-0.4, -0.2) is 33.7 Å². The standard InChI is InChI=1S/C14H22F3N5O2/c1-12(2,3)24-11(23)22-13(4,5)7-20-9-8(14(15,16)17)6-19-10(18)21-9/h6H,7H2,1-5H3,(H,22,23)(H3,18,19,20,21). The number of hydrogen-bond acceptors (Lipinski definition) is 6. The molecule has 0 saturated heterocycles. The monoisotopic (exact) mass is 349 g/mol. The Hall–Kier alpha value is -2.26. The lowest BCUT2D eigenvalue weighted by molar-refractivity contribution is -0.137. The molecule has 136 valence electrons. The number of aromatic nitrogens is 2. The molecule has 1 aromatic rings. The van der Waals surface area contributed by atoms with Gasteiger partial charge in [0, 0.05) is 12.7 Å². The topological polar surface area (TPSA) is 102 Å². The van der Waals surface area contributed by atoms with Gasteiger partial charge < -0.3 is 21.1 Å². The van der Waals surface area contributed by atoms with E-state index in [4.69, 9.17) is 10.5 Å². The van der Waals surface area contributed by atoms with Gasteiger partial charge in [-0.1, -0.05) is 0 Å². The van der Waals surface area contributed by atoms with Crippen LogP contribution < -0.4 is 16.4 Å². The van der Waals surface area contributed by atoms with Crippen LogP contribution in [0.15, 0.2) is 6.20 Å². The van der Waals surface area contributed by atoms with Crippen LogP contribution >= 0.6 is 0 Å². The van der Waals surface area contributed by atoms with E-state index in [1.54, 1.807) is 34.6 Å². The van der Waals surface area contributed by atoms with Crippen molar-refractivity contribution in [1.82, 2.24) is 15.3 Å². The van der Waals surface area contributed by atoms with Gasteiger partial charge in [-0.3, -0.25) is 0 Å². The van der Waals surface area contributed by atoms with Crippen molar-refractivity contribution in [2.45, 2.75) is 51.9 Å². The molecule has 0 bridgehead atoms. The molecule has 4 N–H and O–H groups in total. The van der Waals surface area contributed by atoms with Crippen molar-refractivity contribution in [3.8, 4) is 0 Å². The zero-order valence-electron chi connectivity index (χ0n) is 14.2. The summed E-state index contributed by atoms with van der Waals surface area (Å²) in [5.41, 5.74) is 2.72. The van der Waals surface area contributed by atoms with Crippen LogP contribution in [0.2, 0.25) is 0 Å². The lowest BCUT2D eigenvalue weighted by atomic mass is 10.1. The van der Waals surface area contributed by atoms with Gasteiger partial charge in [-0.05, 0) is 34.6 Å². The van der Waals surface area contributed by atoms with Crippen LogP contribution in [0.3, 0.4) is 0 Å². The number of nitrogens with zero attached hydrogens (tertiary/aromatic N) is 2. The van der Waals surface area contributed by atoms with Crippen LogP contribution in [0.25, 0.3) is 0 Å². The van der Waals surface area contributed by atoms with E-state index in [1.807, 2.05) is 0 Å². The highest BCUT2D eigenvalue weighted by Crippen LogP contribution is 2.33. The van der Waals surface area contributed by atoms with Crippen LogP contribution in [0.5, 0.6) is 0 Å². The fraction of sp³-hybridized carbons (Fsp3) is 0.643. The molecule has 1 heterocycles. The number of alkyl carbamates (subject to hydrolysis) is 1. The largest absolute Gasteiger partial charge is 0.444 e. The van der Waals surface area contributed by atoms with Gasteiger partial charge in [0.1, 0.15) is 17.0 Å². The summed E-state index contributed by atoms with van der Waals surface area (Å²) < 4.78 is 44.0. The second kappa shape index (κ2) is 6.70. The fourth-order valence-electron chi connectivity index (χ4n) is 1.67. The molecular weight excluding hydrogens is 327 g/mol. The minimum Gasteiger partial charge on any atom is -0.444 e. The van der Waals surface area contributed by atoms with E-state index < -0.39 is 34.8 Å². The molecule has 0 aliphatic rings. The van der Waals surface area contributed by atoms with Gasteiger partial charge in [0.25, 0.3) is 0 Å². The zero-order chi connectivity index (χ0) is 18.8. The molecule has 0 radical (unpaired) electrons. The molecule has 0 aromatic carbocycles. The average molecular weight is 349 g/mol. The molecule has 0 saturated carbocycles. The number of anilines is 2. The van der Waals surface area contributed by atoms with Gasteiger partial charge in [0.2, 0.25) is 5.95 Å². The van der Waals surface area contributed by atoms with E-state index in [0.717, 1.165) is 0 Å². The Morgan fingerprint density at radius 2 is 1.83 bits per heavy atom. The molecule has 1 rings (SSSR count). The summed E-state index contributed by atoms with van der Waals surface area (Å²) in [5.74, 6) is -0.738. The van der Waals surface area contributed by atoms with Crippen LogP contribution in [0.4, 0.5) is 29.7 Å². The van der Waals surface area contributed by atoms with Crippen molar-refractivity contribution in [3.05, 3.63) is 11.8 Å². The summed E-state index contributed by atoms with van der Waals surface area (Å²) in [6.45, 7) is 8.33. The Morgan fingerprint density at radius 1 is 1.25 bits per heavy atom. The number of nitrogens with one attached hydrogen (secondary N) is 2. The number of ether oxygens (including phenoxy) is 1. The van der Waals surface area contributed by atoms with Crippen LogP contribution in [-0.2, 0) is 10.9 Å². The minimum atomic E-state index is -4.63. The van der Waals surface area contributed by atoms with Crippen molar-refractivity contribution >= 4 is 17.9 Å². The number of halogens is 3. The van der Waals surface area contributed by atoms with Crippen LogP contribution in [0.1, 0.15) is 40.2 Å². The van der Waals surface area contributed by atoms with Crippen LogP contribution in [0, 0.1) is 0 Å². The normalized spacial score (nSPS) is 12.7. The molecule has 1 aromatic heterocycles. The Balaban J connectivity index is 2.81. The minimum absolute atomic E-state index is 0.0359. The number of rotatable bonds is 4. The summed E-state index contributed by atoms with van der Waals surface area (Å²) >= 11 is 0. The van der Waals surface area contributed by atoms with E-state index in [1.165, 1.54) is 0 Å². The third-order valence-electron chi connectivity index (χ3n) is 2.65. The van der Waals surface area contributed by atoms with Crippen molar-refractivity contribution in [1.29, 1.82) is 0 Å². The number of nitrogens with two attached hydrogens (primary N) is 1. The van der Waals surface area contributed by atoms with Gasteiger partial charge in [-0.2, -0.15) is 18.2 Å². The third-order valence-corrected chi connectivity index (χ3v) is 2.65. The van der Waals surface area contributed by atoms with Gasteiger partial charge in [-0.25, -0.2) is 9.78 Å². The summed E-state index contributed by atoms with van der Waals surface area (Å²) in [6.07, 6.45) is -4.69. The highest BCUT2D eigenvalue weighted by molar-refractivity contribution is 5.68. The summed E-state index contributed by atoms with van der Waals surface area (Å²) in [4.78, 5) is 18.7. The first kappa shape index (κ1) is 19.8. The number of hydrogen-bond donors (Lipinski definition) is 3. The highest BCUT2D eigenvalue weighted by atomic mass is 19.4. The SMILES string of the molecule is CC(C)(CNc1nc(N)ncc1C(F)(F)F)NC(=O)OC(C)(C)C. The molecule has 0 aliphatic carbocycles. The van der Waals surface area contributed by atoms with Gasteiger partial charge in [0.05, 0.1) is 5.54 Å². The second-order valence-electron chi connectivity index (χ2n) is 6.85. The number of carbonyl (C=O) groups excluding carboxylic acids is 1. The number of nitrogen functional groups attached to an aromatic ring is 1. The van der Waals surface area contributed by atoms with E-state index >= 15 is 0 Å². The number of alkyl halides is 3. The number of amides is 1. The molecule has 0 fully saturated rings. The van der Waals surface area contributed by atoms with E-state index in [2.05, 4.69) is 20.6 Å². The number of carbonyl (C=O) groups is 1. The first-order chi connectivity index (χ1) is 10.7. The maximum atomic E-state index is 12.9. The summed E-state index contributed by atoms with van der Waals surface area (Å²) in [7, 11) is 0. The third kappa shape index (κ3) is 6.47. The van der Waals surface area contributed by atoms with E-state index in [9.17, 15) is 18.0 Å². The van der Waals surface area contributed by atoms with Crippen molar-refractivity contribution < 1.29 is 22.7 Å². The molecule has 7 nitrogen and oxygen atoms in total. The molecule has 0 atom stereocenters. The molecule has 0 aliphatic heterocycles. The Labute approximate surface area is 138 Å². The lowest BCUT2D eigenvalue weighted by Crippen LogP contribution is -2.50. The molecule has 0 spiro atoms. The van der Waals surface area contributed by atoms with Gasteiger partial charge >= 0.3 is 12.3 Å². The van der Waals surface area contributed by atoms with E-state index in [-0.39, 0.29) is 12.5 Å². The highest BCUT2D eigenvalue weighted by Gasteiger charge is 2.35. The first-order valence-electron chi connectivity index (χ1n) is 7.14. The van der Waals surface area contributed by atoms with E-state index in [0.29, 0.717) is 6.20 Å². The Bertz CT molecular complexity index is 597. The molecule has 10 heteroatoms. The summed E-state index contributed by atoms with van der Waals surface area (Å²) in [5, 5.41) is 5.12. The van der Waals surface area contributed by atoms with Crippen molar-refractivity contribution in [2.24, 2.45) is 0 Å². The zero-order valence-corrected chi connectivity index (χ0v) is 14.2. The van der Waals surface area contributed by atoms with Gasteiger partial charge in [0.15, 0.2) is 0 Å². The smallest absolute Gasteiger partial charge is 0.421 e. The fourth-order valence-corrected chi connectivity index (χ4v) is 1.67. The van der Waals surface area contributed by atoms with Gasteiger partial charge in [-0.15, -0.1) is 0 Å². The maximum Gasteiger partial charge on any atom is 0.421 e. The predicted octanol–water partition coefficient (Wildman–Crippen LogP) is 2.79. The molecule has 24 heavy (non-hydrogen) atoms. The molecule has 1 amide bonds. The quantitative estimate of drug-likeness (QED) is 0.772. The second-order valence-corrected chi connectivity index (χ2v) is 6.85. The first-order valence-corrected chi connectivity index (χ1v) is 7.14. The predicted molar refractivity (Wildman–Crippen MR) is 83.4 cm³/mol. The van der Waals surface area contributed by atoms with Crippen molar-refractivity contribution in [2.75, 3.05) is 17.6 Å². The Kier molecular flexibility index (Phi) is 5.52. The molecule has 0 unspecified atom stereocenters. The summed E-state index contributed by atoms with van der Waals surface area (Å²) in [6, 6.07) is 0. The van der Waals surface area contributed by atoms with Crippen molar-refractivity contribution in [3.63, 3.8) is 0 Å². The molecular formula is C14H22F3N5O2. The lowest BCUT2D eigenvalue weighted by Gasteiger charge is -2.29.